The van der Waals surface area contributed by atoms with Gasteiger partial charge in [0.15, 0.2) is 0 Å². The van der Waals surface area contributed by atoms with Crippen molar-refractivity contribution in [2.45, 2.75) is 13.8 Å². The van der Waals surface area contributed by atoms with E-state index < -0.39 is 22.8 Å². The Morgan fingerprint density at radius 2 is 1.29 bits per heavy atom. The zero-order chi connectivity index (χ0) is 30.9. The van der Waals surface area contributed by atoms with Crippen LogP contribution in [0.15, 0.2) is 45.4 Å². The fraction of sp³-hybridized carbons (Fsp3) is 0.231. The molecular weight excluding hydrogens is 609 g/mol. The van der Waals surface area contributed by atoms with Crippen LogP contribution in [0.2, 0.25) is 10.0 Å². The van der Waals surface area contributed by atoms with Gasteiger partial charge in [-0.1, -0.05) is 45.6 Å². The predicted molar refractivity (Wildman–Crippen MR) is 149 cm³/mol. The maximum absolute atomic E-state index is 13.9. The Labute approximate surface area is 248 Å². The van der Waals surface area contributed by atoms with Crippen molar-refractivity contribution in [3.8, 4) is 22.5 Å². The SMILES string of the molecule is CNOC.CON(C)C(=O)c1c(-c2c(F)cccc2Cl)noc1C.Cc1onc(-c2c(F)cccc2Cl)c1C(=O)Cl. The first-order valence-electron chi connectivity index (χ1n) is 11.4. The van der Waals surface area contributed by atoms with E-state index in [0.717, 1.165) is 5.06 Å². The lowest BCUT2D eigenvalue weighted by atomic mass is 10.0. The van der Waals surface area contributed by atoms with Gasteiger partial charge in [-0.3, -0.25) is 14.4 Å². The molecule has 0 radical (unpaired) electrons. The first-order chi connectivity index (χ1) is 19.4. The molecule has 0 saturated carbocycles. The summed E-state index contributed by atoms with van der Waals surface area (Å²) >= 11 is 17.3. The van der Waals surface area contributed by atoms with E-state index >= 15 is 0 Å². The highest BCUT2D eigenvalue weighted by Gasteiger charge is 2.27. The lowest BCUT2D eigenvalue weighted by Crippen LogP contribution is -2.26. The van der Waals surface area contributed by atoms with Gasteiger partial charge in [0.1, 0.15) is 45.7 Å². The van der Waals surface area contributed by atoms with Crippen LogP contribution in [-0.4, -0.2) is 54.8 Å². The number of benzene rings is 2. The van der Waals surface area contributed by atoms with Crippen LogP contribution in [0.1, 0.15) is 32.2 Å². The highest BCUT2D eigenvalue weighted by molar-refractivity contribution is 6.68. The molecule has 0 aliphatic heterocycles. The molecule has 1 N–H and O–H groups in total. The molecule has 220 valence electrons. The van der Waals surface area contributed by atoms with Gasteiger partial charge >= 0.3 is 0 Å². The number of hydrogen-bond donors (Lipinski definition) is 1. The van der Waals surface area contributed by atoms with E-state index in [9.17, 15) is 18.4 Å². The van der Waals surface area contributed by atoms with Gasteiger partial charge in [0.2, 0.25) is 0 Å². The van der Waals surface area contributed by atoms with Gasteiger partial charge in [-0.05, 0) is 49.7 Å². The number of nitrogens with zero attached hydrogens (tertiary/aromatic N) is 3. The highest BCUT2D eigenvalue weighted by atomic mass is 35.5. The smallest absolute Gasteiger partial charge is 0.283 e. The topological polar surface area (TPSA) is 120 Å². The average molecular weight is 634 g/mol. The molecule has 41 heavy (non-hydrogen) atoms. The highest BCUT2D eigenvalue weighted by Crippen LogP contribution is 2.35. The fourth-order valence-corrected chi connectivity index (χ4v) is 3.98. The maximum atomic E-state index is 13.9. The summed E-state index contributed by atoms with van der Waals surface area (Å²) in [5.74, 6) is -1.20. The van der Waals surface area contributed by atoms with Crippen LogP contribution in [0.3, 0.4) is 0 Å². The Bertz CT molecular complexity index is 1470. The average Bonchev–Trinajstić information content (AvgIpc) is 3.50. The minimum absolute atomic E-state index is 0.00927. The van der Waals surface area contributed by atoms with E-state index in [0.29, 0.717) is 0 Å². The molecule has 0 bridgehead atoms. The molecule has 2 aromatic heterocycles. The van der Waals surface area contributed by atoms with Gasteiger partial charge in [0.05, 0.1) is 35.4 Å². The third-order valence-electron chi connectivity index (χ3n) is 5.30. The molecule has 10 nitrogen and oxygen atoms in total. The molecule has 0 spiro atoms. The zero-order valence-electron chi connectivity index (χ0n) is 22.6. The van der Waals surface area contributed by atoms with Gasteiger partial charge < -0.3 is 13.9 Å². The molecule has 2 aromatic carbocycles. The van der Waals surface area contributed by atoms with E-state index in [1.165, 1.54) is 57.5 Å². The molecule has 0 atom stereocenters. The van der Waals surface area contributed by atoms with Crippen LogP contribution in [0, 0.1) is 25.5 Å². The van der Waals surface area contributed by atoms with E-state index in [1.54, 1.807) is 21.1 Å². The first kappa shape index (κ1) is 33.8. The Hall–Kier alpha value is -3.39. The van der Waals surface area contributed by atoms with Crippen molar-refractivity contribution in [2.24, 2.45) is 0 Å². The molecule has 2 heterocycles. The largest absolute Gasteiger partial charge is 0.360 e. The van der Waals surface area contributed by atoms with E-state index in [-0.39, 0.29) is 55.2 Å². The van der Waals surface area contributed by atoms with Gasteiger partial charge in [0.25, 0.3) is 11.1 Å². The molecule has 15 heteroatoms. The Morgan fingerprint density at radius 3 is 1.66 bits per heavy atom. The summed E-state index contributed by atoms with van der Waals surface area (Å²) in [6.07, 6.45) is 0. The second-order valence-electron chi connectivity index (χ2n) is 7.79. The van der Waals surface area contributed by atoms with E-state index in [4.69, 9.17) is 48.7 Å². The second-order valence-corrected chi connectivity index (χ2v) is 8.94. The zero-order valence-corrected chi connectivity index (χ0v) is 24.9. The molecule has 0 aliphatic carbocycles. The second kappa shape index (κ2) is 15.6. The van der Waals surface area contributed by atoms with Crippen LogP contribution in [-0.2, 0) is 9.68 Å². The monoisotopic (exact) mass is 632 g/mol. The van der Waals surface area contributed by atoms with Crippen LogP contribution < -0.4 is 5.48 Å². The van der Waals surface area contributed by atoms with Crippen LogP contribution in [0.5, 0.6) is 0 Å². The number of aromatic nitrogens is 2. The summed E-state index contributed by atoms with van der Waals surface area (Å²) < 4.78 is 37.5. The number of nitrogens with one attached hydrogen (secondary N) is 1. The van der Waals surface area contributed by atoms with Crippen molar-refractivity contribution in [1.82, 2.24) is 20.9 Å². The quantitative estimate of drug-likeness (QED) is 0.183. The van der Waals surface area contributed by atoms with Crippen LogP contribution >= 0.6 is 34.8 Å². The summed E-state index contributed by atoms with van der Waals surface area (Å²) in [5.41, 5.74) is 2.68. The summed E-state index contributed by atoms with van der Waals surface area (Å²) in [6, 6.07) is 8.38. The third kappa shape index (κ3) is 8.09. The number of hydrogen-bond acceptors (Lipinski definition) is 9. The minimum atomic E-state index is -0.766. The van der Waals surface area contributed by atoms with Crippen molar-refractivity contribution in [3.05, 3.63) is 80.7 Å². The molecule has 4 aromatic rings. The Morgan fingerprint density at radius 1 is 0.878 bits per heavy atom. The summed E-state index contributed by atoms with van der Waals surface area (Å²) in [6.45, 7) is 3.07. The predicted octanol–water partition coefficient (Wildman–Crippen LogP) is 6.66. The molecule has 0 fully saturated rings. The van der Waals surface area contributed by atoms with Crippen molar-refractivity contribution in [1.29, 1.82) is 0 Å². The number of carbonyl (C=O) groups excluding carboxylic acids is 2. The van der Waals surface area contributed by atoms with Crippen LogP contribution in [0.25, 0.3) is 22.5 Å². The molecule has 4 rings (SSSR count). The number of halogens is 5. The number of hydroxylamine groups is 3. The van der Waals surface area contributed by atoms with Crippen LogP contribution in [0.4, 0.5) is 8.78 Å². The van der Waals surface area contributed by atoms with Gasteiger partial charge in [0, 0.05) is 14.1 Å². The first-order valence-corrected chi connectivity index (χ1v) is 12.6. The van der Waals surface area contributed by atoms with Crippen molar-refractivity contribution < 1.29 is 37.1 Å². The van der Waals surface area contributed by atoms with Crippen molar-refractivity contribution >= 4 is 46.0 Å². The number of carbonyl (C=O) groups is 2. The van der Waals surface area contributed by atoms with E-state index in [1.807, 2.05) is 0 Å². The van der Waals surface area contributed by atoms with Gasteiger partial charge in [-0.2, -0.15) is 0 Å². The van der Waals surface area contributed by atoms with E-state index in [2.05, 4.69) is 20.6 Å². The van der Waals surface area contributed by atoms with Crippen molar-refractivity contribution in [3.63, 3.8) is 0 Å². The number of aryl methyl sites for hydroxylation is 2. The minimum Gasteiger partial charge on any atom is -0.360 e. The molecular formula is C26H25Cl3F2N4O6. The molecule has 0 unspecified atom stereocenters. The van der Waals surface area contributed by atoms with Gasteiger partial charge in [-0.15, -0.1) is 0 Å². The van der Waals surface area contributed by atoms with Crippen molar-refractivity contribution in [2.75, 3.05) is 28.3 Å². The molecule has 0 aliphatic rings. The molecule has 1 amide bonds. The summed E-state index contributed by atoms with van der Waals surface area (Å²) in [7, 11) is 6.05. The summed E-state index contributed by atoms with van der Waals surface area (Å²) in [4.78, 5) is 32.6. The lowest BCUT2D eigenvalue weighted by Gasteiger charge is -2.13. The number of rotatable bonds is 6. The Kier molecular flexibility index (Phi) is 12.8. The number of amides is 1. The maximum Gasteiger partial charge on any atom is 0.283 e. The summed E-state index contributed by atoms with van der Waals surface area (Å²) in [5, 5.41) is 7.88. The lowest BCUT2D eigenvalue weighted by molar-refractivity contribution is -0.0757. The molecule has 0 saturated heterocycles. The standard InChI is InChI=1S/C13H12ClFN2O3.C11H6Cl2FNO2.C2H7NO/c1-7-10(13(18)17(2)19-3)12(16-20-7)11-8(14)5-4-6-9(11)15;1-5-8(11(13)16)10(15-17-5)9-6(12)3-2-4-7(9)14;1-3-4-2/h4-6H,1-3H3;2-4H,1H3;3H,1-2H3. The van der Waals surface area contributed by atoms with Gasteiger partial charge in [-0.25, -0.2) is 19.3 Å². The normalized spacial score (nSPS) is 10.3. The fourth-order valence-electron chi connectivity index (χ4n) is 3.26. The third-order valence-corrected chi connectivity index (χ3v) is 6.12. The Balaban J connectivity index is 0.000000256.